The van der Waals surface area contributed by atoms with Crippen LogP contribution in [-0.4, -0.2) is 42.8 Å². The van der Waals surface area contributed by atoms with E-state index in [1.54, 1.807) is 6.92 Å². The lowest BCUT2D eigenvalue weighted by atomic mass is 9.92. The van der Waals surface area contributed by atoms with Gasteiger partial charge in [0.2, 0.25) is 0 Å². The average molecular weight is 228 g/mol. The zero-order valence-corrected chi connectivity index (χ0v) is 10.6. The molecule has 1 N–H and O–H groups in total. The first-order chi connectivity index (χ1) is 7.68. The first kappa shape index (κ1) is 12.3. The molecule has 2 aliphatic rings. The Bertz CT molecular complexity index is 220. The summed E-state index contributed by atoms with van der Waals surface area (Å²) in [5, 5.41) is 3.44. The Kier molecular flexibility index (Phi) is 4.20. The number of hydrogen-bond acceptors (Lipinski definition) is 2. The highest BCUT2D eigenvalue weighted by atomic mass is 19.1. The molecule has 2 rings (SSSR count). The topological polar surface area (TPSA) is 15.3 Å². The van der Waals surface area contributed by atoms with Gasteiger partial charge in [0.05, 0.1) is 6.17 Å². The number of hydrogen-bond donors (Lipinski definition) is 1. The van der Waals surface area contributed by atoms with Crippen molar-refractivity contribution in [2.24, 2.45) is 5.92 Å². The maximum Gasteiger partial charge on any atom is 0.0988 e. The highest BCUT2D eigenvalue weighted by Crippen LogP contribution is 2.29. The lowest BCUT2D eigenvalue weighted by Crippen LogP contribution is -2.50. The highest BCUT2D eigenvalue weighted by Gasteiger charge is 2.35. The molecule has 0 saturated carbocycles. The monoisotopic (exact) mass is 228 g/mol. The van der Waals surface area contributed by atoms with Gasteiger partial charge in [-0.2, -0.15) is 0 Å². The fraction of sp³-hybridized carbons (Fsp3) is 1.00. The molecule has 2 heterocycles. The van der Waals surface area contributed by atoms with Gasteiger partial charge in [-0.3, -0.25) is 4.90 Å². The van der Waals surface area contributed by atoms with Gasteiger partial charge in [-0.15, -0.1) is 0 Å². The quantitative estimate of drug-likeness (QED) is 0.796. The minimum Gasteiger partial charge on any atom is -0.316 e. The Balaban J connectivity index is 1.95. The van der Waals surface area contributed by atoms with Gasteiger partial charge in [0.1, 0.15) is 0 Å². The van der Waals surface area contributed by atoms with Crippen LogP contribution in [0.2, 0.25) is 0 Å². The van der Waals surface area contributed by atoms with E-state index in [1.165, 1.54) is 25.8 Å². The van der Waals surface area contributed by atoms with Crippen LogP contribution in [0.1, 0.15) is 39.5 Å². The predicted octanol–water partition coefficient (Wildman–Crippen LogP) is 2.20. The van der Waals surface area contributed by atoms with Crippen LogP contribution in [-0.2, 0) is 0 Å². The summed E-state index contributed by atoms with van der Waals surface area (Å²) < 4.78 is 13.2. The standard InChI is InChI=1S/C13H25FN2/c1-10-9-15-6-5-13(10)16-7-3-4-12(16)8-11(2)14/h10-13,15H,3-9H2,1-2H3/t10?,11?,12-,13?/m0/s1. The fourth-order valence-corrected chi connectivity index (χ4v) is 3.42. The van der Waals surface area contributed by atoms with Gasteiger partial charge in [-0.1, -0.05) is 6.92 Å². The van der Waals surface area contributed by atoms with Crippen LogP contribution >= 0.6 is 0 Å². The molecule has 2 saturated heterocycles. The van der Waals surface area contributed by atoms with Crippen LogP contribution in [0.3, 0.4) is 0 Å². The third-order valence-corrected chi connectivity index (χ3v) is 4.19. The second-order valence-corrected chi connectivity index (χ2v) is 5.59. The van der Waals surface area contributed by atoms with Crippen molar-refractivity contribution in [3.8, 4) is 0 Å². The van der Waals surface area contributed by atoms with Crippen LogP contribution in [0.5, 0.6) is 0 Å². The molecule has 4 atom stereocenters. The minimum absolute atomic E-state index is 0.505. The van der Waals surface area contributed by atoms with E-state index < -0.39 is 6.17 Å². The Morgan fingerprint density at radius 1 is 1.44 bits per heavy atom. The van der Waals surface area contributed by atoms with Crippen LogP contribution in [0.4, 0.5) is 4.39 Å². The maximum absolute atomic E-state index is 13.2. The summed E-state index contributed by atoms with van der Waals surface area (Å²) in [6, 6.07) is 1.19. The van der Waals surface area contributed by atoms with E-state index in [-0.39, 0.29) is 0 Å². The van der Waals surface area contributed by atoms with Gasteiger partial charge in [0, 0.05) is 12.1 Å². The molecule has 16 heavy (non-hydrogen) atoms. The molecular weight excluding hydrogens is 203 g/mol. The number of alkyl halides is 1. The molecule has 3 unspecified atom stereocenters. The number of rotatable bonds is 3. The number of nitrogens with zero attached hydrogens (tertiary/aromatic N) is 1. The summed E-state index contributed by atoms with van der Waals surface area (Å²) >= 11 is 0. The number of nitrogens with one attached hydrogen (secondary N) is 1. The van der Waals surface area contributed by atoms with Crippen molar-refractivity contribution in [2.45, 2.75) is 57.8 Å². The smallest absolute Gasteiger partial charge is 0.0988 e. The molecule has 0 aliphatic carbocycles. The average Bonchev–Trinajstić information content (AvgIpc) is 2.66. The van der Waals surface area contributed by atoms with Gasteiger partial charge in [-0.25, -0.2) is 4.39 Å². The van der Waals surface area contributed by atoms with Crippen molar-refractivity contribution in [3.05, 3.63) is 0 Å². The van der Waals surface area contributed by atoms with E-state index in [2.05, 4.69) is 17.1 Å². The molecule has 0 aromatic carbocycles. The second kappa shape index (κ2) is 5.46. The Morgan fingerprint density at radius 2 is 2.25 bits per heavy atom. The van der Waals surface area contributed by atoms with Crippen molar-refractivity contribution in [1.82, 2.24) is 10.2 Å². The van der Waals surface area contributed by atoms with Crippen molar-refractivity contribution < 1.29 is 4.39 Å². The fourth-order valence-electron chi connectivity index (χ4n) is 3.42. The summed E-state index contributed by atoms with van der Waals surface area (Å²) in [6.45, 7) is 7.46. The Labute approximate surface area is 98.6 Å². The molecule has 0 spiro atoms. The number of halogens is 1. The molecule has 0 amide bonds. The molecule has 3 heteroatoms. The zero-order valence-electron chi connectivity index (χ0n) is 10.6. The first-order valence-electron chi connectivity index (χ1n) is 6.79. The predicted molar refractivity (Wildman–Crippen MR) is 65.4 cm³/mol. The van der Waals surface area contributed by atoms with E-state index in [4.69, 9.17) is 0 Å². The third-order valence-electron chi connectivity index (χ3n) is 4.19. The summed E-state index contributed by atoms with van der Waals surface area (Å²) in [5.74, 6) is 0.712. The van der Waals surface area contributed by atoms with Crippen molar-refractivity contribution in [2.75, 3.05) is 19.6 Å². The third kappa shape index (κ3) is 2.75. The van der Waals surface area contributed by atoms with E-state index in [9.17, 15) is 4.39 Å². The van der Waals surface area contributed by atoms with E-state index in [0.717, 1.165) is 19.5 Å². The van der Waals surface area contributed by atoms with Gasteiger partial charge < -0.3 is 5.32 Å². The van der Waals surface area contributed by atoms with E-state index in [0.29, 0.717) is 18.0 Å². The van der Waals surface area contributed by atoms with Crippen molar-refractivity contribution in [1.29, 1.82) is 0 Å². The second-order valence-electron chi connectivity index (χ2n) is 5.59. The Morgan fingerprint density at radius 3 is 2.94 bits per heavy atom. The maximum atomic E-state index is 13.2. The minimum atomic E-state index is -0.650. The normalized spacial score (nSPS) is 38.8. The number of piperidine rings is 1. The van der Waals surface area contributed by atoms with Gasteiger partial charge >= 0.3 is 0 Å². The molecule has 2 nitrogen and oxygen atoms in total. The van der Waals surface area contributed by atoms with Gasteiger partial charge in [-0.05, 0) is 58.2 Å². The highest BCUT2D eigenvalue weighted by molar-refractivity contribution is 4.90. The van der Waals surface area contributed by atoms with Gasteiger partial charge in [0.25, 0.3) is 0 Å². The molecule has 0 aromatic rings. The molecule has 0 aromatic heterocycles. The van der Waals surface area contributed by atoms with Crippen LogP contribution < -0.4 is 5.32 Å². The van der Waals surface area contributed by atoms with Crippen molar-refractivity contribution >= 4 is 0 Å². The summed E-state index contributed by atoms with van der Waals surface area (Å²) in [6.07, 6.45) is 3.77. The first-order valence-corrected chi connectivity index (χ1v) is 6.79. The molecule has 2 aliphatic heterocycles. The van der Waals surface area contributed by atoms with Crippen LogP contribution in [0.25, 0.3) is 0 Å². The van der Waals surface area contributed by atoms with E-state index >= 15 is 0 Å². The molecule has 2 fully saturated rings. The largest absolute Gasteiger partial charge is 0.316 e. The SMILES string of the molecule is CC(F)C[C@@H]1CCCN1C1CCNCC1C. The molecule has 0 radical (unpaired) electrons. The molecule has 94 valence electrons. The Hall–Kier alpha value is -0.150. The summed E-state index contributed by atoms with van der Waals surface area (Å²) in [7, 11) is 0. The lowest BCUT2D eigenvalue weighted by molar-refractivity contribution is 0.0918. The lowest BCUT2D eigenvalue weighted by Gasteiger charge is -2.40. The summed E-state index contributed by atoms with van der Waals surface area (Å²) in [5.41, 5.74) is 0. The number of likely N-dealkylation sites (tertiary alicyclic amines) is 1. The summed E-state index contributed by atoms with van der Waals surface area (Å²) in [4.78, 5) is 2.60. The van der Waals surface area contributed by atoms with Crippen LogP contribution in [0, 0.1) is 5.92 Å². The van der Waals surface area contributed by atoms with E-state index in [1.807, 2.05) is 0 Å². The van der Waals surface area contributed by atoms with Crippen molar-refractivity contribution in [3.63, 3.8) is 0 Å². The molecular formula is C13H25FN2. The molecule has 0 bridgehead atoms. The van der Waals surface area contributed by atoms with Gasteiger partial charge in [0.15, 0.2) is 0 Å². The van der Waals surface area contributed by atoms with Crippen LogP contribution in [0.15, 0.2) is 0 Å². The zero-order chi connectivity index (χ0) is 11.5.